The van der Waals surface area contributed by atoms with Gasteiger partial charge in [0.25, 0.3) is 0 Å². The van der Waals surface area contributed by atoms with Gasteiger partial charge >= 0.3 is 0 Å². The van der Waals surface area contributed by atoms with E-state index in [1.807, 2.05) is 182 Å². The monoisotopic (exact) mass is 1970 g/mol. The first-order chi connectivity index (χ1) is 74.4. The highest BCUT2D eigenvalue weighted by Crippen LogP contribution is 2.50. The number of rotatable bonds is 15. The summed E-state index contributed by atoms with van der Waals surface area (Å²) in [5, 5.41) is 14.8. The van der Waals surface area contributed by atoms with Crippen molar-refractivity contribution in [3.63, 3.8) is 0 Å². The lowest BCUT2D eigenvalue weighted by Crippen LogP contribution is -2.00. The van der Waals surface area contributed by atoms with E-state index >= 15 is 0 Å². The Morgan fingerprint density at radius 3 is 0.653 bits per heavy atom. The molecule has 150 heavy (non-hydrogen) atoms. The second-order valence-electron chi connectivity index (χ2n) is 37.3. The van der Waals surface area contributed by atoms with Gasteiger partial charge in [-0.05, 0) is 155 Å². The average Bonchev–Trinajstić information content (AvgIpc) is 1.58. The molecule has 0 radical (unpaired) electrons. The first-order valence-electron chi connectivity index (χ1n) is 50.1. The van der Waals surface area contributed by atoms with E-state index in [9.17, 15) is 0 Å². The fourth-order valence-electron chi connectivity index (χ4n) is 21.6. The van der Waals surface area contributed by atoms with Crippen LogP contribution in [0.4, 0.5) is 0 Å². The van der Waals surface area contributed by atoms with Gasteiger partial charge in [0.1, 0.15) is 0 Å². The molecule has 0 N–H and O–H groups in total. The van der Waals surface area contributed by atoms with E-state index in [0.29, 0.717) is 52.4 Å². The van der Waals surface area contributed by atoms with Crippen LogP contribution in [0.15, 0.2) is 510 Å². The average molecular weight is 1970 g/mol. The molecule has 0 unspecified atom stereocenters. The van der Waals surface area contributed by atoms with Crippen LogP contribution in [0.25, 0.3) is 279 Å². The summed E-state index contributed by atoms with van der Waals surface area (Å²) >= 11 is 5.39. The molecule has 12 nitrogen and oxygen atoms in total. The zero-order valence-electron chi connectivity index (χ0n) is 80.6. The number of nitrogens with zero attached hydrogens (tertiary/aromatic N) is 12. The molecule has 0 aliphatic carbocycles. The summed E-state index contributed by atoms with van der Waals surface area (Å²) in [5.74, 6) is 6.01. The molecule has 15 heteroatoms. The van der Waals surface area contributed by atoms with Crippen LogP contribution in [0, 0.1) is 0 Å². The summed E-state index contributed by atoms with van der Waals surface area (Å²) in [7, 11) is 0. The molecule has 702 valence electrons. The van der Waals surface area contributed by atoms with Gasteiger partial charge < -0.3 is 13.7 Å². The third kappa shape index (κ3) is 15.8. The quantitative estimate of drug-likeness (QED) is 0.0984. The molecule has 9 aromatic heterocycles. The normalized spacial score (nSPS) is 11.6. The van der Waals surface area contributed by atoms with E-state index in [1.54, 1.807) is 34.0 Å². The summed E-state index contributed by atoms with van der Waals surface area (Å²) < 4.78 is 14.3. The Morgan fingerprint density at radius 2 is 0.353 bits per heavy atom. The molecule has 0 aliphatic rings. The van der Waals surface area contributed by atoms with E-state index in [-0.39, 0.29) is 0 Å². The number of aromatic nitrogens is 12. The van der Waals surface area contributed by atoms with Crippen LogP contribution in [0.3, 0.4) is 0 Å². The molecule has 0 saturated carbocycles. The van der Waals surface area contributed by atoms with Gasteiger partial charge in [0, 0.05) is 160 Å². The van der Waals surface area contributed by atoms with Crippen molar-refractivity contribution >= 4 is 160 Å². The first kappa shape index (κ1) is 88.4. The van der Waals surface area contributed by atoms with Gasteiger partial charge in [0.2, 0.25) is 0 Å². The van der Waals surface area contributed by atoms with Crippen molar-refractivity contribution in [3.05, 3.63) is 510 Å². The zero-order valence-corrected chi connectivity index (χ0v) is 83.0. The lowest BCUT2D eigenvalue weighted by Gasteiger charge is -2.09. The topological polar surface area (TPSA) is 131 Å². The van der Waals surface area contributed by atoms with Crippen LogP contribution >= 0.6 is 34.0 Å². The molecule has 0 bridgehead atoms. The summed E-state index contributed by atoms with van der Waals surface area (Å²) in [6.45, 7) is 0. The number of fused-ring (bicyclic) bond motifs is 18. The van der Waals surface area contributed by atoms with Gasteiger partial charge in [-0.25, -0.2) is 44.9 Å². The van der Waals surface area contributed by atoms with Gasteiger partial charge in [-0.3, -0.25) is 0 Å². The van der Waals surface area contributed by atoms with Crippen LogP contribution in [0.5, 0.6) is 0 Å². The van der Waals surface area contributed by atoms with Crippen molar-refractivity contribution in [2.24, 2.45) is 0 Å². The molecule has 0 aliphatic heterocycles. The zero-order chi connectivity index (χ0) is 99.1. The molecular weight excluding hydrogens is 1890 g/mol. The van der Waals surface area contributed by atoms with Crippen molar-refractivity contribution < 1.29 is 0 Å². The number of hydrogen-bond acceptors (Lipinski definition) is 12. The van der Waals surface area contributed by atoms with E-state index < -0.39 is 0 Å². The molecular formula is C135H84N12S3. The predicted molar refractivity (Wildman–Crippen MR) is 626 cm³/mol. The smallest absolute Gasteiger partial charge is 0.165 e. The van der Waals surface area contributed by atoms with Gasteiger partial charge in [-0.1, -0.05) is 388 Å². The lowest BCUT2D eigenvalue weighted by molar-refractivity contribution is 1.08. The van der Waals surface area contributed by atoms with Gasteiger partial charge in [0.15, 0.2) is 52.4 Å². The summed E-state index contributed by atoms with van der Waals surface area (Å²) in [6, 6.07) is 179. The van der Waals surface area contributed by atoms with Crippen molar-refractivity contribution in [3.8, 4) is 153 Å². The summed E-state index contributed by atoms with van der Waals surface area (Å²) in [5.41, 5.74) is 26.8. The first-order valence-corrected chi connectivity index (χ1v) is 52.6. The largest absolute Gasteiger partial charge is 0.309 e. The fraction of sp³-hybridized carbons (Fsp3) is 0. The Labute approximate surface area is 874 Å². The Morgan fingerprint density at radius 1 is 0.133 bits per heavy atom. The fourth-order valence-corrected chi connectivity index (χ4v) is 25.2. The molecule has 21 aromatic carbocycles. The molecule has 0 saturated heterocycles. The summed E-state index contributed by atoms with van der Waals surface area (Å²) in [6.07, 6.45) is 0. The maximum Gasteiger partial charge on any atom is 0.165 e. The Hall–Kier alpha value is -19.3. The SMILES string of the molecule is c1ccc(-c2nc(-c3ccccc3)nc(-c3cccc4c3sc3cc(-c5cccc6c5c5ccccc5n6-c5ccccc5)ccc34)n2)cc1.c1ccc(-c2nc(-c3ccccc3)nc(-c3cccc4c3sc3ccc(-c5cccc6c5c5ccccc5n6-c5ccccc5)cc34)n2)cc1.c1ccc(-c2nc(-c3ccccc3)nc(-c3cccc4c3sc3ccc(-c5cccc6c5c5ccccc5n6-c5ccccc5)cc34)n2)cc1. The molecule has 30 aromatic rings. The van der Waals surface area contributed by atoms with Crippen molar-refractivity contribution in [2.45, 2.75) is 0 Å². The van der Waals surface area contributed by atoms with Crippen LogP contribution in [0.2, 0.25) is 0 Å². The minimum Gasteiger partial charge on any atom is -0.309 e. The van der Waals surface area contributed by atoms with Crippen molar-refractivity contribution in [2.75, 3.05) is 0 Å². The van der Waals surface area contributed by atoms with Crippen molar-refractivity contribution in [1.29, 1.82) is 0 Å². The van der Waals surface area contributed by atoms with Gasteiger partial charge in [0.05, 0.1) is 33.1 Å². The third-order valence-corrected chi connectivity index (χ3v) is 32.0. The molecule has 0 atom stereocenters. The standard InChI is InChI=1S/3C45H28N4S/c1-4-14-29(15-5-1)43-46-44(30-16-6-2-7-17-30)48-45(47-43)37-23-12-22-35-34-27-26-31(28-40(34)50-42(35)37)33-21-13-25-39-41(33)36-20-10-11-24-38(36)49(39)32-18-8-3-9-19-32;2*1-4-14-29(15-5-1)43-46-44(30-16-6-2-7-17-30)48-45(47-43)36-23-12-22-34-37-28-31(26-27-40(37)50-42(34)36)33-21-13-25-39-41(33)35-20-10-11-24-38(35)49(39)32-18-8-3-9-19-32/h3*1-28H. The van der Waals surface area contributed by atoms with E-state index in [4.69, 9.17) is 44.9 Å². The van der Waals surface area contributed by atoms with Crippen LogP contribution in [-0.2, 0) is 0 Å². The van der Waals surface area contributed by atoms with Crippen molar-refractivity contribution in [1.82, 2.24) is 58.6 Å². The highest BCUT2D eigenvalue weighted by molar-refractivity contribution is 7.27. The van der Waals surface area contributed by atoms with Gasteiger partial charge in [-0.2, -0.15) is 0 Å². The second kappa shape index (κ2) is 37.7. The number of benzene rings is 21. The summed E-state index contributed by atoms with van der Waals surface area (Å²) in [4.78, 5) is 45.1. The van der Waals surface area contributed by atoms with Crippen LogP contribution in [-0.4, -0.2) is 58.6 Å². The van der Waals surface area contributed by atoms with E-state index in [0.717, 1.165) is 67.1 Å². The highest BCUT2D eigenvalue weighted by atomic mass is 32.1. The molecule has 0 amide bonds. The molecule has 30 rings (SSSR count). The Balaban J connectivity index is 0.000000108. The second-order valence-corrected chi connectivity index (χ2v) is 40.4. The number of thiophene rings is 3. The minimum atomic E-state index is 0.664. The van der Waals surface area contributed by atoms with Gasteiger partial charge in [-0.15, -0.1) is 34.0 Å². The minimum absolute atomic E-state index is 0.664. The Bertz CT molecular complexity index is 9700. The Kier molecular flexibility index (Phi) is 22.2. The number of para-hydroxylation sites is 6. The van der Waals surface area contributed by atoms with E-state index in [2.05, 4.69) is 341 Å². The maximum absolute atomic E-state index is 5.06. The molecule has 9 heterocycles. The molecule has 0 fully saturated rings. The van der Waals surface area contributed by atoms with Crippen LogP contribution < -0.4 is 0 Å². The molecule has 0 spiro atoms. The van der Waals surface area contributed by atoms with Crippen LogP contribution in [0.1, 0.15) is 0 Å². The third-order valence-electron chi connectivity index (χ3n) is 28.4. The highest BCUT2D eigenvalue weighted by Gasteiger charge is 2.27. The number of hydrogen-bond donors (Lipinski definition) is 0. The predicted octanol–water partition coefficient (Wildman–Crippen LogP) is 36.0. The lowest BCUT2D eigenvalue weighted by atomic mass is 9.97. The maximum atomic E-state index is 5.06. The van der Waals surface area contributed by atoms with E-state index in [1.165, 1.54) is 159 Å².